The van der Waals surface area contributed by atoms with Gasteiger partial charge in [0.05, 0.1) is 28.5 Å². The van der Waals surface area contributed by atoms with E-state index in [0.29, 0.717) is 45.3 Å². The first-order valence-corrected chi connectivity index (χ1v) is 11.6. The van der Waals surface area contributed by atoms with E-state index in [2.05, 4.69) is 4.99 Å². The molecule has 1 atom stereocenters. The van der Waals surface area contributed by atoms with Gasteiger partial charge in [-0.1, -0.05) is 29.5 Å². The van der Waals surface area contributed by atoms with Gasteiger partial charge in [0.15, 0.2) is 16.3 Å². The highest BCUT2D eigenvalue weighted by Crippen LogP contribution is 2.32. The fourth-order valence-electron chi connectivity index (χ4n) is 4.05. The number of allylic oxidation sites excluding steroid dienone is 1. The van der Waals surface area contributed by atoms with Crippen molar-refractivity contribution in [2.45, 2.75) is 19.9 Å². The molecule has 0 N–H and O–H groups in total. The minimum absolute atomic E-state index is 0.181. The molecule has 0 bridgehead atoms. The number of esters is 1. The molecule has 5 rings (SSSR count). The molecule has 9 heteroatoms. The summed E-state index contributed by atoms with van der Waals surface area (Å²) < 4.78 is 32.0. The van der Waals surface area contributed by atoms with Gasteiger partial charge >= 0.3 is 5.97 Å². The largest absolute Gasteiger partial charge is 0.486 e. The highest BCUT2D eigenvalue weighted by Gasteiger charge is 2.33. The molecule has 7 nitrogen and oxygen atoms in total. The molecule has 0 radical (unpaired) electrons. The van der Waals surface area contributed by atoms with Crippen LogP contribution < -0.4 is 24.4 Å². The molecule has 1 aromatic heterocycles. The Labute approximate surface area is 198 Å². The maximum absolute atomic E-state index is 13.6. The fraction of sp³-hybridized carbons (Fsp3) is 0.240. The molecular weight excluding hydrogens is 459 g/mol. The van der Waals surface area contributed by atoms with Crippen LogP contribution in [-0.2, 0) is 9.53 Å². The standard InChI is InChI=1S/C25H21FN2O5S/c1-3-31-24(30)21-14(2)27-25-28(22(21)16-5-7-17(26)8-6-16)23(29)20(34-25)13-15-4-9-18-19(12-15)33-11-10-32-18/h4-9,12-13,22H,3,10-11H2,1-2H3/b20-13-/t22-/m0/s1. The van der Waals surface area contributed by atoms with E-state index in [1.807, 2.05) is 18.2 Å². The number of ether oxygens (including phenoxy) is 3. The molecule has 0 unspecified atom stereocenters. The first kappa shape index (κ1) is 22.1. The molecule has 0 fully saturated rings. The number of rotatable bonds is 4. The van der Waals surface area contributed by atoms with Gasteiger partial charge in [-0.15, -0.1) is 0 Å². The number of nitrogens with zero attached hydrogens (tertiary/aromatic N) is 2. The second-order valence-electron chi connectivity index (χ2n) is 7.76. The second-order valence-corrected chi connectivity index (χ2v) is 8.77. The molecule has 174 valence electrons. The van der Waals surface area contributed by atoms with E-state index in [-0.39, 0.29) is 17.7 Å². The Morgan fingerprint density at radius 3 is 2.68 bits per heavy atom. The SMILES string of the molecule is CCOC(=O)C1=C(C)N=c2s/c(=C\c3ccc4c(c3)OCCO4)c(=O)n2[C@H]1c1ccc(F)cc1. The van der Waals surface area contributed by atoms with Gasteiger partial charge in [-0.2, -0.15) is 0 Å². The van der Waals surface area contributed by atoms with E-state index in [1.54, 1.807) is 32.1 Å². The van der Waals surface area contributed by atoms with Crippen molar-refractivity contribution in [1.29, 1.82) is 0 Å². The topological polar surface area (TPSA) is 79.1 Å². The maximum Gasteiger partial charge on any atom is 0.338 e. The van der Waals surface area contributed by atoms with E-state index in [0.717, 1.165) is 5.56 Å². The maximum atomic E-state index is 13.6. The Balaban J connectivity index is 1.67. The zero-order chi connectivity index (χ0) is 23.8. The van der Waals surface area contributed by atoms with Crippen LogP contribution in [-0.4, -0.2) is 30.4 Å². The monoisotopic (exact) mass is 480 g/mol. The number of aromatic nitrogens is 1. The predicted molar refractivity (Wildman–Crippen MR) is 124 cm³/mol. The lowest BCUT2D eigenvalue weighted by atomic mass is 9.96. The molecule has 2 aliphatic rings. The van der Waals surface area contributed by atoms with E-state index < -0.39 is 17.8 Å². The summed E-state index contributed by atoms with van der Waals surface area (Å²) >= 11 is 1.22. The third-order valence-electron chi connectivity index (χ3n) is 5.57. The normalized spacial score (nSPS) is 17.3. The smallest absolute Gasteiger partial charge is 0.338 e. The van der Waals surface area contributed by atoms with Gasteiger partial charge in [-0.25, -0.2) is 14.2 Å². The molecular formula is C25H21FN2O5S. The number of fused-ring (bicyclic) bond motifs is 2. The van der Waals surface area contributed by atoms with Gasteiger partial charge in [0.2, 0.25) is 0 Å². The summed E-state index contributed by atoms with van der Waals surface area (Å²) in [5, 5.41) is 0. The van der Waals surface area contributed by atoms with Crippen LogP contribution in [0.2, 0.25) is 0 Å². The van der Waals surface area contributed by atoms with Crippen LogP contribution in [0.25, 0.3) is 6.08 Å². The number of hydrogen-bond donors (Lipinski definition) is 0. The zero-order valence-corrected chi connectivity index (χ0v) is 19.4. The first-order chi connectivity index (χ1) is 16.5. The molecule has 3 aromatic rings. The quantitative estimate of drug-likeness (QED) is 0.537. The Hall–Kier alpha value is -3.72. The van der Waals surface area contributed by atoms with Crippen molar-refractivity contribution < 1.29 is 23.4 Å². The summed E-state index contributed by atoms with van der Waals surface area (Å²) in [6, 6.07) is 10.4. The van der Waals surface area contributed by atoms with Crippen molar-refractivity contribution in [3.05, 3.63) is 90.4 Å². The summed E-state index contributed by atoms with van der Waals surface area (Å²) in [6.45, 7) is 4.56. The van der Waals surface area contributed by atoms with Gasteiger partial charge in [0.1, 0.15) is 19.0 Å². The lowest BCUT2D eigenvalue weighted by Crippen LogP contribution is -2.39. The minimum atomic E-state index is -0.779. The molecule has 2 aliphatic heterocycles. The summed E-state index contributed by atoms with van der Waals surface area (Å²) in [5.74, 6) is 0.320. The van der Waals surface area contributed by atoms with Crippen molar-refractivity contribution >= 4 is 23.4 Å². The molecule has 3 heterocycles. The average Bonchev–Trinajstić information content (AvgIpc) is 3.13. The van der Waals surface area contributed by atoms with Gasteiger partial charge in [0, 0.05) is 0 Å². The van der Waals surface area contributed by atoms with Crippen LogP contribution in [0.4, 0.5) is 4.39 Å². The van der Waals surface area contributed by atoms with Crippen molar-refractivity contribution in [1.82, 2.24) is 4.57 Å². The number of thiazole rings is 1. The molecule has 0 aliphatic carbocycles. The highest BCUT2D eigenvalue weighted by atomic mass is 32.1. The lowest BCUT2D eigenvalue weighted by Gasteiger charge is -2.24. The lowest BCUT2D eigenvalue weighted by molar-refractivity contribution is -0.139. The van der Waals surface area contributed by atoms with Gasteiger partial charge in [-0.3, -0.25) is 9.36 Å². The van der Waals surface area contributed by atoms with Gasteiger partial charge in [-0.05, 0) is 55.3 Å². The van der Waals surface area contributed by atoms with Crippen LogP contribution in [0.5, 0.6) is 11.5 Å². The van der Waals surface area contributed by atoms with Gasteiger partial charge < -0.3 is 14.2 Å². The predicted octanol–water partition coefficient (Wildman–Crippen LogP) is 2.71. The second kappa shape index (κ2) is 8.90. The van der Waals surface area contributed by atoms with Crippen LogP contribution >= 0.6 is 11.3 Å². The molecule has 34 heavy (non-hydrogen) atoms. The number of halogens is 1. The Morgan fingerprint density at radius 2 is 1.94 bits per heavy atom. The highest BCUT2D eigenvalue weighted by molar-refractivity contribution is 7.07. The molecule has 0 spiro atoms. The molecule has 0 saturated heterocycles. The average molecular weight is 481 g/mol. The number of carbonyl (C=O) groups excluding carboxylic acids is 1. The summed E-state index contributed by atoms with van der Waals surface area (Å²) in [4.78, 5) is 31.4. The molecule has 0 amide bonds. The number of benzene rings is 2. The minimum Gasteiger partial charge on any atom is -0.486 e. The Kier molecular flexibility index (Phi) is 5.79. The van der Waals surface area contributed by atoms with Crippen LogP contribution in [0.15, 0.2) is 63.5 Å². The summed E-state index contributed by atoms with van der Waals surface area (Å²) in [6.07, 6.45) is 1.76. The molecule has 0 saturated carbocycles. The van der Waals surface area contributed by atoms with E-state index in [4.69, 9.17) is 14.2 Å². The Bertz CT molecular complexity index is 1490. The number of hydrogen-bond acceptors (Lipinski definition) is 7. The van der Waals surface area contributed by atoms with E-state index in [1.165, 1.54) is 28.0 Å². The summed E-state index contributed by atoms with van der Waals surface area (Å²) in [5.41, 5.74) is 1.77. The molecule has 2 aromatic carbocycles. The number of carbonyl (C=O) groups is 1. The van der Waals surface area contributed by atoms with Crippen molar-refractivity contribution in [2.75, 3.05) is 19.8 Å². The van der Waals surface area contributed by atoms with Gasteiger partial charge in [0.25, 0.3) is 5.56 Å². The Morgan fingerprint density at radius 1 is 1.21 bits per heavy atom. The third kappa shape index (κ3) is 3.92. The summed E-state index contributed by atoms with van der Waals surface area (Å²) in [7, 11) is 0. The van der Waals surface area contributed by atoms with Crippen molar-refractivity contribution in [3.8, 4) is 11.5 Å². The van der Waals surface area contributed by atoms with E-state index >= 15 is 0 Å². The van der Waals surface area contributed by atoms with E-state index in [9.17, 15) is 14.0 Å². The third-order valence-corrected chi connectivity index (χ3v) is 6.55. The van der Waals surface area contributed by atoms with Crippen LogP contribution in [0, 0.1) is 5.82 Å². The van der Waals surface area contributed by atoms with Crippen molar-refractivity contribution in [2.24, 2.45) is 4.99 Å². The fourth-order valence-corrected chi connectivity index (χ4v) is 5.10. The van der Waals surface area contributed by atoms with Crippen LogP contribution in [0.1, 0.15) is 31.0 Å². The van der Waals surface area contributed by atoms with Crippen molar-refractivity contribution in [3.63, 3.8) is 0 Å². The zero-order valence-electron chi connectivity index (χ0n) is 18.5. The van der Waals surface area contributed by atoms with Crippen LogP contribution in [0.3, 0.4) is 0 Å². The first-order valence-electron chi connectivity index (χ1n) is 10.8.